The van der Waals surface area contributed by atoms with E-state index in [1.165, 1.54) is 30.4 Å². The first-order valence-corrected chi connectivity index (χ1v) is 7.16. The number of nitrogens with one attached hydrogen (secondary N) is 1. The molecule has 2 aromatic rings. The lowest BCUT2D eigenvalue weighted by Gasteiger charge is -2.23. The zero-order valence-corrected chi connectivity index (χ0v) is 11.0. The summed E-state index contributed by atoms with van der Waals surface area (Å²) in [6, 6.07) is 8.33. The lowest BCUT2D eigenvalue weighted by atomic mass is 9.89. The van der Waals surface area contributed by atoms with Crippen LogP contribution >= 0.6 is 11.3 Å². The van der Waals surface area contributed by atoms with Gasteiger partial charge in [0.2, 0.25) is 0 Å². The number of nitrogens with zero attached hydrogens (tertiary/aromatic N) is 1. The third-order valence-corrected chi connectivity index (χ3v) is 4.77. The van der Waals surface area contributed by atoms with Gasteiger partial charge in [-0.25, -0.2) is 4.98 Å². The molecule has 1 N–H and O–H groups in total. The molecule has 0 spiro atoms. The highest BCUT2D eigenvalue weighted by Gasteiger charge is 2.28. The first-order chi connectivity index (χ1) is 8.25. The zero-order chi connectivity index (χ0) is 11.7. The minimum atomic E-state index is 0.484. The summed E-state index contributed by atoms with van der Waals surface area (Å²) in [5.74, 6) is 0. The topological polar surface area (TPSA) is 24.9 Å². The number of aromatic nitrogens is 1. The van der Waals surface area contributed by atoms with Crippen molar-refractivity contribution in [3.8, 4) is 0 Å². The second-order valence-corrected chi connectivity index (χ2v) is 6.39. The minimum Gasteiger partial charge on any atom is -0.361 e. The van der Waals surface area contributed by atoms with Crippen molar-refractivity contribution in [3.05, 3.63) is 24.3 Å². The Balaban J connectivity index is 1.72. The smallest absolute Gasteiger partial charge is 0.183 e. The van der Waals surface area contributed by atoms with Crippen molar-refractivity contribution in [3.63, 3.8) is 0 Å². The Morgan fingerprint density at radius 2 is 2.06 bits per heavy atom. The molecular formula is C14H18N2S. The molecule has 1 aromatic heterocycles. The Morgan fingerprint density at radius 3 is 2.82 bits per heavy atom. The van der Waals surface area contributed by atoms with Crippen LogP contribution in [-0.2, 0) is 0 Å². The molecule has 0 aliphatic heterocycles. The number of benzene rings is 1. The molecule has 1 fully saturated rings. The summed E-state index contributed by atoms with van der Waals surface area (Å²) in [6.45, 7) is 3.45. The van der Waals surface area contributed by atoms with Crippen molar-refractivity contribution < 1.29 is 0 Å². The number of rotatable bonds is 3. The molecule has 0 radical (unpaired) electrons. The fourth-order valence-corrected chi connectivity index (χ4v) is 3.50. The predicted octanol–water partition coefficient (Wildman–Crippen LogP) is 4.29. The van der Waals surface area contributed by atoms with Gasteiger partial charge < -0.3 is 5.32 Å². The highest BCUT2D eigenvalue weighted by atomic mass is 32.1. The number of thiazole rings is 1. The maximum absolute atomic E-state index is 4.61. The second-order valence-electron chi connectivity index (χ2n) is 5.36. The summed E-state index contributed by atoms with van der Waals surface area (Å²) in [5, 5.41) is 4.59. The van der Waals surface area contributed by atoms with E-state index in [4.69, 9.17) is 0 Å². The van der Waals surface area contributed by atoms with Crippen LogP contribution in [0.5, 0.6) is 0 Å². The highest BCUT2D eigenvalue weighted by Crippen LogP contribution is 2.38. The lowest BCUT2D eigenvalue weighted by molar-refractivity contribution is 0.362. The van der Waals surface area contributed by atoms with Gasteiger partial charge in [0.1, 0.15) is 0 Å². The molecule has 17 heavy (non-hydrogen) atoms. The second kappa shape index (κ2) is 4.30. The molecule has 0 saturated heterocycles. The van der Waals surface area contributed by atoms with Crippen LogP contribution in [0.3, 0.4) is 0 Å². The SMILES string of the molecule is CC1(CNc2nc3ccccc3s2)CCCC1. The van der Waals surface area contributed by atoms with Crippen LogP contribution in [0.2, 0.25) is 0 Å². The molecule has 0 unspecified atom stereocenters. The van der Waals surface area contributed by atoms with Crippen LogP contribution in [0.15, 0.2) is 24.3 Å². The van der Waals surface area contributed by atoms with E-state index in [1.807, 2.05) is 6.07 Å². The molecule has 2 nitrogen and oxygen atoms in total. The molecule has 0 bridgehead atoms. The van der Waals surface area contributed by atoms with Gasteiger partial charge in [-0.2, -0.15) is 0 Å². The molecular weight excluding hydrogens is 228 g/mol. The molecule has 0 amide bonds. The molecule has 1 saturated carbocycles. The molecule has 90 valence electrons. The summed E-state index contributed by atoms with van der Waals surface area (Å²) in [5.41, 5.74) is 1.59. The number of fused-ring (bicyclic) bond motifs is 1. The summed E-state index contributed by atoms with van der Waals surface area (Å²) < 4.78 is 1.27. The summed E-state index contributed by atoms with van der Waals surface area (Å²) >= 11 is 1.76. The van der Waals surface area contributed by atoms with E-state index < -0.39 is 0 Å². The van der Waals surface area contributed by atoms with Crippen molar-refractivity contribution >= 4 is 26.7 Å². The Labute approximate surface area is 106 Å². The number of anilines is 1. The largest absolute Gasteiger partial charge is 0.361 e. The van der Waals surface area contributed by atoms with Gasteiger partial charge >= 0.3 is 0 Å². The average molecular weight is 246 g/mol. The maximum Gasteiger partial charge on any atom is 0.183 e. The molecule has 1 aliphatic carbocycles. The molecule has 3 heteroatoms. The van der Waals surface area contributed by atoms with E-state index in [9.17, 15) is 0 Å². The fourth-order valence-electron chi connectivity index (χ4n) is 2.64. The Hall–Kier alpha value is -1.09. The zero-order valence-electron chi connectivity index (χ0n) is 10.2. The number of hydrogen-bond donors (Lipinski definition) is 1. The van der Waals surface area contributed by atoms with Gasteiger partial charge in [-0.15, -0.1) is 0 Å². The van der Waals surface area contributed by atoms with Crippen LogP contribution < -0.4 is 5.32 Å². The van der Waals surface area contributed by atoms with Crippen LogP contribution in [0, 0.1) is 5.41 Å². The van der Waals surface area contributed by atoms with Gasteiger partial charge in [0.05, 0.1) is 10.2 Å². The maximum atomic E-state index is 4.61. The van der Waals surface area contributed by atoms with E-state index in [-0.39, 0.29) is 0 Å². The fraction of sp³-hybridized carbons (Fsp3) is 0.500. The minimum absolute atomic E-state index is 0.484. The molecule has 1 heterocycles. The van der Waals surface area contributed by atoms with Crippen molar-refractivity contribution in [2.45, 2.75) is 32.6 Å². The van der Waals surface area contributed by atoms with E-state index in [0.717, 1.165) is 17.2 Å². The molecule has 3 rings (SSSR count). The van der Waals surface area contributed by atoms with Gasteiger partial charge in [0, 0.05) is 6.54 Å². The van der Waals surface area contributed by atoms with Gasteiger partial charge in [-0.05, 0) is 30.4 Å². The quantitative estimate of drug-likeness (QED) is 0.874. The van der Waals surface area contributed by atoms with Crippen LogP contribution in [0.1, 0.15) is 32.6 Å². The summed E-state index contributed by atoms with van der Waals surface area (Å²) in [7, 11) is 0. The lowest BCUT2D eigenvalue weighted by Crippen LogP contribution is -2.22. The van der Waals surface area contributed by atoms with Crippen molar-refractivity contribution in [2.24, 2.45) is 5.41 Å². The first-order valence-electron chi connectivity index (χ1n) is 6.35. The van der Waals surface area contributed by atoms with Gasteiger partial charge in [-0.1, -0.05) is 43.2 Å². The molecule has 1 aromatic carbocycles. The predicted molar refractivity (Wildman–Crippen MR) is 74.7 cm³/mol. The van der Waals surface area contributed by atoms with Crippen molar-refractivity contribution in [2.75, 3.05) is 11.9 Å². The Kier molecular flexibility index (Phi) is 2.79. The van der Waals surface area contributed by atoms with E-state index in [2.05, 4.69) is 35.4 Å². The highest BCUT2D eigenvalue weighted by molar-refractivity contribution is 7.22. The van der Waals surface area contributed by atoms with Crippen molar-refractivity contribution in [1.82, 2.24) is 4.98 Å². The van der Waals surface area contributed by atoms with Crippen molar-refractivity contribution in [1.29, 1.82) is 0 Å². The van der Waals surface area contributed by atoms with Gasteiger partial charge in [0.15, 0.2) is 5.13 Å². The summed E-state index contributed by atoms with van der Waals surface area (Å²) in [6.07, 6.45) is 5.48. The third-order valence-electron chi connectivity index (χ3n) is 3.77. The Bertz CT molecular complexity index is 479. The van der Waals surface area contributed by atoms with E-state index >= 15 is 0 Å². The van der Waals surface area contributed by atoms with Crippen LogP contribution in [-0.4, -0.2) is 11.5 Å². The van der Waals surface area contributed by atoms with E-state index in [0.29, 0.717) is 5.41 Å². The van der Waals surface area contributed by atoms with Gasteiger partial charge in [-0.3, -0.25) is 0 Å². The first kappa shape index (κ1) is 11.0. The number of hydrogen-bond acceptors (Lipinski definition) is 3. The Morgan fingerprint density at radius 1 is 1.29 bits per heavy atom. The molecule has 0 atom stereocenters. The third kappa shape index (κ3) is 2.29. The van der Waals surface area contributed by atoms with Crippen LogP contribution in [0.25, 0.3) is 10.2 Å². The van der Waals surface area contributed by atoms with Crippen LogP contribution in [0.4, 0.5) is 5.13 Å². The number of para-hydroxylation sites is 1. The van der Waals surface area contributed by atoms with E-state index in [1.54, 1.807) is 11.3 Å². The van der Waals surface area contributed by atoms with Gasteiger partial charge in [0.25, 0.3) is 0 Å². The normalized spacial score (nSPS) is 18.6. The monoisotopic (exact) mass is 246 g/mol. The summed E-state index contributed by atoms with van der Waals surface area (Å²) in [4.78, 5) is 4.61. The standard InChI is InChI=1S/C14H18N2S/c1-14(8-4-5-9-14)10-15-13-16-11-6-2-3-7-12(11)17-13/h2-3,6-7H,4-5,8-10H2,1H3,(H,15,16). The average Bonchev–Trinajstić information content (AvgIpc) is 2.93. The molecule has 1 aliphatic rings.